The second-order valence-corrected chi connectivity index (χ2v) is 4.41. The van der Waals surface area contributed by atoms with E-state index in [1.165, 1.54) is 12.1 Å². The van der Waals surface area contributed by atoms with Gasteiger partial charge in [0, 0.05) is 0 Å². The highest BCUT2D eigenvalue weighted by atomic mass is 19.2. The van der Waals surface area contributed by atoms with E-state index in [0.29, 0.717) is 0 Å². The van der Waals surface area contributed by atoms with Crippen LogP contribution in [-0.2, 0) is 0 Å². The van der Waals surface area contributed by atoms with Crippen molar-refractivity contribution in [3.8, 4) is 12.1 Å². The molecule has 4 nitrogen and oxygen atoms in total. The van der Waals surface area contributed by atoms with Crippen molar-refractivity contribution < 1.29 is 26.3 Å². The number of anilines is 2. The first kappa shape index (κ1) is 17.2. The van der Waals surface area contributed by atoms with Gasteiger partial charge in [0.25, 0.3) is 0 Å². The van der Waals surface area contributed by atoms with Crippen LogP contribution in [0.5, 0.6) is 0 Å². The van der Waals surface area contributed by atoms with E-state index < -0.39 is 70.1 Å². The van der Waals surface area contributed by atoms with Gasteiger partial charge in [0.2, 0.25) is 0 Å². The highest BCUT2D eigenvalue weighted by molar-refractivity contribution is 5.91. The lowest BCUT2D eigenvalue weighted by atomic mass is 10.0. The van der Waals surface area contributed by atoms with Crippen LogP contribution in [0.15, 0.2) is 0 Å². The average Bonchev–Trinajstić information content (AvgIpc) is 2.56. The Bertz CT molecular complexity index is 838. The fraction of sp³-hybridized carbons (Fsp3) is 0.143. The molecule has 24 heavy (non-hydrogen) atoms. The quantitative estimate of drug-likeness (QED) is 0.506. The van der Waals surface area contributed by atoms with Crippen LogP contribution < -0.4 is 10.6 Å². The Morgan fingerprint density at radius 1 is 0.583 bits per heavy atom. The van der Waals surface area contributed by atoms with Crippen LogP contribution in [0.1, 0.15) is 0 Å². The molecular formula is C14H6F6N4. The topological polar surface area (TPSA) is 71.6 Å². The van der Waals surface area contributed by atoms with E-state index in [1.54, 1.807) is 0 Å². The summed E-state index contributed by atoms with van der Waals surface area (Å²) in [7, 11) is 0. The maximum absolute atomic E-state index is 14.2. The Morgan fingerprint density at radius 3 is 1.21 bits per heavy atom. The molecule has 2 rings (SSSR count). The summed E-state index contributed by atoms with van der Waals surface area (Å²) >= 11 is 0. The summed E-state index contributed by atoms with van der Waals surface area (Å²) in [5.74, 6) is -11.3. The van der Waals surface area contributed by atoms with Crippen molar-refractivity contribution >= 4 is 22.1 Å². The zero-order valence-corrected chi connectivity index (χ0v) is 11.6. The second kappa shape index (κ2) is 6.54. The summed E-state index contributed by atoms with van der Waals surface area (Å²) in [5, 5.41) is 17.6. The van der Waals surface area contributed by atoms with Crippen LogP contribution >= 0.6 is 0 Å². The molecule has 0 amide bonds. The van der Waals surface area contributed by atoms with Gasteiger partial charge in [-0.1, -0.05) is 0 Å². The maximum atomic E-state index is 14.2. The lowest BCUT2D eigenvalue weighted by Gasteiger charge is -2.15. The first-order chi connectivity index (χ1) is 11.4. The summed E-state index contributed by atoms with van der Waals surface area (Å²) in [6, 6.07) is 2.92. The summed E-state index contributed by atoms with van der Waals surface area (Å²) in [6.45, 7) is -1.32. The molecule has 0 atom stereocenters. The van der Waals surface area contributed by atoms with E-state index in [9.17, 15) is 26.3 Å². The van der Waals surface area contributed by atoms with E-state index in [1.807, 2.05) is 10.6 Å². The SMILES string of the molecule is N#CCNc1c(F)c(F)c2c(F)c(NCC#N)c(F)c(F)c2c1F. The number of benzene rings is 2. The molecule has 124 valence electrons. The molecule has 0 aliphatic heterocycles. The number of hydrogen-bond acceptors (Lipinski definition) is 4. The standard InChI is InChI=1S/C14H6F6N4/c15-7-6-5(9(17)13(11(7)19)23-3-1-21)8(16)12(20)14(10(6)18)24-4-2-22/h23-24H,3-4H2. The summed E-state index contributed by atoms with van der Waals surface area (Å²) < 4.78 is 84.3. The highest BCUT2D eigenvalue weighted by Gasteiger charge is 2.30. The lowest BCUT2D eigenvalue weighted by molar-refractivity contribution is 0.486. The van der Waals surface area contributed by atoms with Gasteiger partial charge in [-0.25, -0.2) is 26.3 Å². The Labute approximate surface area is 130 Å². The number of fused-ring (bicyclic) bond motifs is 1. The van der Waals surface area contributed by atoms with Crippen molar-refractivity contribution in [3.05, 3.63) is 34.9 Å². The van der Waals surface area contributed by atoms with Crippen LogP contribution in [0.3, 0.4) is 0 Å². The normalized spacial score (nSPS) is 10.3. The van der Waals surface area contributed by atoms with Gasteiger partial charge in [0.05, 0.1) is 22.9 Å². The molecular weight excluding hydrogens is 338 g/mol. The number of hydrogen-bond donors (Lipinski definition) is 2. The van der Waals surface area contributed by atoms with Crippen molar-refractivity contribution in [2.75, 3.05) is 23.7 Å². The molecule has 0 bridgehead atoms. The van der Waals surface area contributed by atoms with Gasteiger partial charge in [-0.05, 0) is 0 Å². The lowest BCUT2D eigenvalue weighted by Crippen LogP contribution is -2.11. The Kier molecular flexibility index (Phi) is 4.69. The van der Waals surface area contributed by atoms with Gasteiger partial charge in [0.15, 0.2) is 34.9 Å². The smallest absolute Gasteiger partial charge is 0.185 e. The van der Waals surface area contributed by atoms with E-state index in [-0.39, 0.29) is 0 Å². The molecule has 0 aromatic heterocycles. The molecule has 10 heteroatoms. The minimum Gasteiger partial charge on any atom is -0.367 e. The number of nitrogens with zero attached hydrogens (tertiary/aromatic N) is 2. The van der Waals surface area contributed by atoms with Gasteiger partial charge < -0.3 is 10.6 Å². The fourth-order valence-corrected chi connectivity index (χ4v) is 2.08. The van der Waals surface area contributed by atoms with E-state index >= 15 is 0 Å². The van der Waals surface area contributed by atoms with Crippen molar-refractivity contribution in [3.63, 3.8) is 0 Å². The minimum absolute atomic E-state index is 0.660. The average molecular weight is 344 g/mol. The van der Waals surface area contributed by atoms with E-state index in [0.717, 1.165) is 0 Å². The number of halogens is 6. The second-order valence-electron chi connectivity index (χ2n) is 4.41. The van der Waals surface area contributed by atoms with Gasteiger partial charge in [-0.2, -0.15) is 10.5 Å². The largest absolute Gasteiger partial charge is 0.367 e. The summed E-state index contributed by atoms with van der Waals surface area (Å²) in [6.07, 6.45) is 0. The molecule has 0 aliphatic rings. The molecule has 0 fully saturated rings. The molecule has 0 spiro atoms. The molecule has 0 saturated heterocycles. The third-order valence-corrected chi connectivity index (χ3v) is 3.08. The van der Waals surface area contributed by atoms with Crippen LogP contribution in [0.4, 0.5) is 37.7 Å². The third-order valence-electron chi connectivity index (χ3n) is 3.08. The van der Waals surface area contributed by atoms with Crippen LogP contribution in [0.25, 0.3) is 10.8 Å². The Hall–Kier alpha value is -3.14. The van der Waals surface area contributed by atoms with Crippen molar-refractivity contribution in [1.29, 1.82) is 10.5 Å². The van der Waals surface area contributed by atoms with Crippen LogP contribution in [0.2, 0.25) is 0 Å². The van der Waals surface area contributed by atoms with Gasteiger partial charge >= 0.3 is 0 Å². The molecule has 0 heterocycles. The fourth-order valence-electron chi connectivity index (χ4n) is 2.08. The zero-order valence-electron chi connectivity index (χ0n) is 11.6. The van der Waals surface area contributed by atoms with Crippen LogP contribution in [0, 0.1) is 57.6 Å². The van der Waals surface area contributed by atoms with Crippen molar-refractivity contribution in [2.24, 2.45) is 0 Å². The maximum Gasteiger partial charge on any atom is 0.185 e. The predicted octanol–water partition coefficient (Wildman–Crippen LogP) is 3.55. The summed E-state index contributed by atoms with van der Waals surface area (Å²) in [4.78, 5) is 0. The van der Waals surface area contributed by atoms with Gasteiger partial charge in [0.1, 0.15) is 24.5 Å². The third kappa shape index (κ3) is 2.52. The minimum atomic E-state index is -1.97. The number of nitrogens with one attached hydrogen (secondary N) is 2. The highest BCUT2D eigenvalue weighted by Crippen LogP contribution is 2.38. The monoisotopic (exact) mass is 344 g/mol. The Balaban J connectivity index is 2.91. The number of rotatable bonds is 4. The molecule has 2 aromatic carbocycles. The van der Waals surface area contributed by atoms with Crippen LogP contribution in [-0.4, -0.2) is 13.1 Å². The molecule has 2 N–H and O–H groups in total. The number of nitriles is 2. The molecule has 0 radical (unpaired) electrons. The Morgan fingerprint density at radius 2 is 0.917 bits per heavy atom. The molecule has 0 aliphatic carbocycles. The first-order valence-corrected chi connectivity index (χ1v) is 6.25. The van der Waals surface area contributed by atoms with Crippen molar-refractivity contribution in [1.82, 2.24) is 0 Å². The van der Waals surface area contributed by atoms with E-state index in [4.69, 9.17) is 10.5 Å². The molecule has 0 saturated carbocycles. The molecule has 2 aromatic rings. The zero-order chi connectivity index (χ0) is 18.0. The van der Waals surface area contributed by atoms with Crippen molar-refractivity contribution in [2.45, 2.75) is 0 Å². The van der Waals surface area contributed by atoms with Gasteiger partial charge in [-0.15, -0.1) is 0 Å². The van der Waals surface area contributed by atoms with E-state index in [2.05, 4.69) is 0 Å². The predicted molar refractivity (Wildman–Crippen MR) is 71.9 cm³/mol. The van der Waals surface area contributed by atoms with Gasteiger partial charge in [-0.3, -0.25) is 0 Å². The first-order valence-electron chi connectivity index (χ1n) is 6.25. The summed E-state index contributed by atoms with van der Waals surface area (Å²) in [5.41, 5.74) is -2.45. The molecule has 0 unspecified atom stereocenters.